The third-order valence-electron chi connectivity index (χ3n) is 7.27. The molecule has 0 bridgehead atoms. The third-order valence-corrected chi connectivity index (χ3v) is 7.27. The number of piperidine rings is 1. The first-order valence-corrected chi connectivity index (χ1v) is 12.7. The molecular formula is C29H35N3O5. The number of benzene rings is 3. The van der Waals surface area contributed by atoms with Crippen molar-refractivity contribution in [2.75, 3.05) is 51.3 Å². The molecule has 0 unspecified atom stereocenters. The van der Waals surface area contributed by atoms with E-state index >= 15 is 0 Å². The number of methoxy groups -OCH3 is 1. The monoisotopic (exact) mass is 505 g/mol. The molecule has 2 aliphatic heterocycles. The number of aliphatic carboxylic acids is 2. The van der Waals surface area contributed by atoms with E-state index in [2.05, 4.69) is 75.4 Å². The SMILES string of the molecule is COc1ccccc1N1CCN(C2CCN(Cc3cccc4ccccc34)CC2)CC1.O=C(O)C(=O)O. The first kappa shape index (κ1) is 26.4. The number of anilines is 1. The number of rotatable bonds is 5. The van der Waals surface area contributed by atoms with E-state index in [1.807, 2.05) is 6.07 Å². The standard InChI is InChI=1S/C27H33N3O.C2H2O4/c1-31-27-12-5-4-11-26(27)30-19-17-29(18-20-30)24-13-15-28(16-14-24)21-23-9-6-8-22-7-2-3-10-25(22)23;3-1(4)2(5)6/h2-12,24H,13-21H2,1H3;(H,3,4)(H,5,6). The average Bonchev–Trinajstić information content (AvgIpc) is 2.94. The van der Waals surface area contributed by atoms with Crippen molar-refractivity contribution in [1.82, 2.24) is 9.80 Å². The summed E-state index contributed by atoms with van der Waals surface area (Å²) < 4.78 is 5.57. The van der Waals surface area contributed by atoms with E-state index in [0.29, 0.717) is 0 Å². The van der Waals surface area contributed by atoms with Crippen LogP contribution in [-0.4, -0.2) is 84.4 Å². The van der Waals surface area contributed by atoms with E-state index in [1.54, 1.807) is 7.11 Å². The fourth-order valence-corrected chi connectivity index (χ4v) is 5.33. The topological polar surface area (TPSA) is 93.5 Å². The van der Waals surface area contributed by atoms with E-state index in [4.69, 9.17) is 24.5 Å². The quantitative estimate of drug-likeness (QED) is 0.506. The molecule has 0 aromatic heterocycles. The number of hydrogen-bond acceptors (Lipinski definition) is 6. The summed E-state index contributed by atoms with van der Waals surface area (Å²) in [7, 11) is 1.76. The third kappa shape index (κ3) is 6.78. The first-order valence-electron chi connectivity index (χ1n) is 12.7. The maximum atomic E-state index is 9.10. The molecule has 2 heterocycles. The van der Waals surface area contributed by atoms with Crippen molar-refractivity contribution in [2.24, 2.45) is 0 Å². The van der Waals surface area contributed by atoms with Crippen LogP contribution in [0.25, 0.3) is 10.8 Å². The van der Waals surface area contributed by atoms with Crippen LogP contribution in [0, 0.1) is 0 Å². The normalized spacial score (nSPS) is 17.2. The van der Waals surface area contributed by atoms with E-state index in [9.17, 15) is 0 Å². The largest absolute Gasteiger partial charge is 0.495 e. The molecule has 2 N–H and O–H groups in total. The van der Waals surface area contributed by atoms with Crippen LogP contribution in [0.1, 0.15) is 18.4 Å². The molecular weight excluding hydrogens is 470 g/mol. The lowest BCUT2D eigenvalue weighted by Gasteiger charge is -2.43. The van der Waals surface area contributed by atoms with Gasteiger partial charge in [0.1, 0.15) is 5.75 Å². The fraction of sp³-hybridized carbons (Fsp3) is 0.379. The molecule has 5 rings (SSSR count). The van der Waals surface area contributed by atoms with Gasteiger partial charge in [0.15, 0.2) is 0 Å². The van der Waals surface area contributed by atoms with Gasteiger partial charge in [-0.1, -0.05) is 54.6 Å². The number of carbonyl (C=O) groups is 2. The highest BCUT2D eigenvalue weighted by molar-refractivity contribution is 6.27. The molecule has 3 aromatic carbocycles. The first-order chi connectivity index (χ1) is 18.0. The maximum absolute atomic E-state index is 9.10. The summed E-state index contributed by atoms with van der Waals surface area (Å²) >= 11 is 0. The van der Waals surface area contributed by atoms with Gasteiger partial charge >= 0.3 is 11.9 Å². The molecule has 0 saturated carbocycles. The molecule has 196 valence electrons. The van der Waals surface area contributed by atoms with Crippen LogP contribution in [0.2, 0.25) is 0 Å². The smallest absolute Gasteiger partial charge is 0.414 e. The lowest BCUT2D eigenvalue weighted by atomic mass is 10.00. The molecule has 0 spiro atoms. The Morgan fingerprint density at radius 2 is 1.43 bits per heavy atom. The zero-order valence-corrected chi connectivity index (χ0v) is 21.3. The minimum Gasteiger partial charge on any atom is -0.495 e. The molecule has 2 saturated heterocycles. The molecule has 0 atom stereocenters. The van der Waals surface area contributed by atoms with Crippen LogP contribution >= 0.6 is 0 Å². The molecule has 0 aliphatic carbocycles. The second-order valence-electron chi connectivity index (χ2n) is 9.45. The van der Waals surface area contributed by atoms with Gasteiger partial charge in [0.2, 0.25) is 0 Å². The van der Waals surface area contributed by atoms with Gasteiger partial charge in [-0.15, -0.1) is 0 Å². The van der Waals surface area contributed by atoms with E-state index < -0.39 is 11.9 Å². The molecule has 37 heavy (non-hydrogen) atoms. The zero-order chi connectivity index (χ0) is 26.2. The fourth-order valence-electron chi connectivity index (χ4n) is 5.33. The number of ether oxygens (including phenoxy) is 1. The summed E-state index contributed by atoms with van der Waals surface area (Å²) in [6, 6.07) is 24.6. The molecule has 0 amide bonds. The lowest BCUT2D eigenvalue weighted by Crippen LogP contribution is -2.53. The molecule has 2 fully saturated rings. The highest BCUT2D eigenvalue weighted by Gasteiger charge is 2.28. The van der Waals surface area contributed by atoms with Crippen LogP contribution in [0.5, 0.6) is 5.75 Å². The highest BCUT2D eigenvalue weighted by atomic mass is 16.5. The van der Waals surface area contributed by atoms with Gasteiger partial charge in [0, 0.05) is 38.8 Å². The van der Waals surface area contributed by atoms with Crippen LogP contribution in [0.3, 0.4) is 0 Å². The number of hydrogen-bond donors (Lipinski definition) is 2. The van der Waals surface area contributed by atoms with Gasteiger partial charge in [-0.2, -0.15) is 0 Å². The van der Waals surface area contributed by atoms with Crippen molar-refractivity contribution in [3.8, 4) is 5.75 Å². The minimum atomic E-state index is -1.82. The van der Waals surface area contributed by atoms with Crippen molar-refractivity contribution in [3.05, 3.63) is 72.3 Å². The van der Waals surface area contributed by atoms with Crippen LogP contribution < -0.4 is 9.64 Å². The molecule has 0 radical (unpaired) electrons. The second kappa shape index (κ2) is 12.6. The summed E-state index contributed by atoms with van der Waals surface area (Å²) in [6.45, 7) is 7.90. The van der Waals surface area contributed by atoms with Crippen molar-refractivity contribution >= 4 is 28.4 Å². The number of piperazine rings is 1. The Morgan fingerprint density at radius 3 is 2.11 bits per heavy atom. The maximum Gasteiger partial charge on any atom is 0.414 e. The predicted octanol–water partition coefficient (Wildman–Crippen LogP) is 3.79. The molecule has 3 aromatic rings. The van der Waals surface area contributed by atoms with E-state index in [0.717, 1.165) is 44.5 Å². The van der Waals surface area contributed by atoms with Gasteiger partial charge in [-0.25, -0.2) is 9.59 Å². The predicted molar refractivity (Wildman–Crippen MR) is 144 cm³/mol. The van der Waals surface area contributed by atoms with E-state index in [-0.39, 0.29) is 0 Å². The minimum absolute atomic E-state index is 0.726. The van der Waals surface area contributed by atoms with Crippen LogP contribution in [0.15, 0.2) is 66.7 Å². The Bertz CT molecular complexity index is 1180. The summed E-state index contributed by atoms with van der Waals surface area (Å²) in [4.78, 5) is 26.0. The number of para-hydroxylation sites is 2. The number of carboxylic acid groups (broad SMARTS) is 2. The van der Waals surface area contributed by atoms with E-state index in [1.165, 1.54) is 48.0 Å². The second-order valence-corrected chi connectivity index (χ2v) is 9.45. The summed E-state index contributed by atoms with van der Waals surface area (Å²) in [5.41, 5.74) is 2.69. The lowest BCUT2D eigenvalue weighted by molar-refractivity contribution is -0.159. The Labute approximate surface area is 217 Å². The van der Waals surface area contributed by atoms with Crippen molar-refractivity contribution in [1.29, 1.82) is 0 Å². The van der Waals surface area contributed by atoms with Crippen LogP contribution in [-0.2, 0) is 16.1 Å². The Hall–Kier alpha value is -3.62. The molecule has 8 nitrogen and oxygen atoms in total. The van der Waals surface area contributed by atoms with Gasteiger partial charge in [0.25, 0.3) is 0 Å². The van der Waals surface area contributed by atoms with Gasteiger partial charge in [0.05, 0.1) is 12.8 Å². The Balaban J connectivity index is 0.000000480. The van der Waals surface area contributed by atoms with Crippen molar-refractivity contribution in [2.45, 2.75) is 25.4 Å². The highest BCUT2D eigenvalue weighted by Crippen LogP contribution is 2.29. The summed E-state index contributed by atoms with van der Waals surface area (Å²) in [6.07, 6.45) is 2.55. The van der Waals surface area contributed by atoms with Gasteiger partial charge < -0.3 is 19.8 Å². The Morgan fingerprint density at radius 1 is 0.811 bits per heavy atom. The van der Waals surface area contributed by atoms with Crippen molar-refractivity contribution in [3.63, 3.8) is 0 Å². The number of likely N-dealkylation sites (tertiary alicyclic amines) is 1. The Kier molecular flexibility index (Phi) is 8.98. The van der Waals surface area contributed by atoms with Gasteiger partial charge in [-0.3, -0.25) is 9.80 Å². The number of nitrogens with zero attached hydrogens (tertiary/aromatic N) is 3. The molecule has 8 heteroatoms. The summed E-state index contributed by atoms with van der Waals surface area (Å²) in [5.74, 6) is -2.66. The zero-order valence-electron chi connectivity index (χ0n) is 21.3. The van der Waals surface area contributed by atoms with Crippen molar-refractivity contribution < 1.29 is 24.5 Å². The van der Waals surface area contributed by atoms with Gasteiger partial charge in [-0.05, 0) is 54.4 Å². The van der Waals surface area contributed by atoms with Crippen LogP contribution in [0.4, 0.5) is 5.69 Å². The number of carboxylic acids is 2. The number of fused-ring (bicyclic) bond motifs is 1. The average molecular weight is 506 g/mol. The summed E-state index contributed by atoms with van der Waals surface area (Å²) in [5, 5.41) is 17.5. The molecule has 2 aliphatic rings.